The minimum atomic E-state index is 1.16. The number of rotatable bonds is 5. The molecule has 1 heteroatoms. The van der Waals surface area contributed by atoms with Gasteiger partial charge >= 0.3 is 0 Å². The number of hydrogen-bond acceptors (Lipinski definition) is 1. The van der Waals surface area contributed by atoms with Gasteiger partial charge in [0.15, 0.2) is 0 Å². The summed E-state index contributed by atoms with van der Waals surface area (Å²) in [4.78, 5) is 0. The van der Waals surface area contributed by atoms with Crippen LogP contribution in [-0.2, 0) is 0 Å². The van der Waals surface area contributed by atoms with Crippen LogP contribution in [0.1, 0.15) is 30.5 Å². The van der Waals surface area contributed by atoms with Gasteiger partial charge in [-0.3, -0.25) is 0 Å². The lowest BCUT2D eigenvalue weighted by atomic mass is 9.97. The fourth-order valence-corrected chi connectivity index (χ4v) is 5.05. The van der Waals surface area contributed by atoms with E-state index in [1.165, 1.54) is 48.0 Å². The lowest BCUT2D eigenvalue weighted by molar-refractivity contribution is 1.58. The Balaban J connectivity index is 1.84. The highest BCUT2D eigenvalue weighted by Gasteiger charge is 2.11. The summed E-state index contributed by atoms with van der Waals surface area (Å²) in [5.74, 6) is 0. The monoisotopic (exact) mass is 392 g/mol. The fourth-order valence-electron chi connectivity index (χ4n) is 3.89. The molecule has 0 radical (unpaired) electrons. The molecule has 0 saturated carbocycles. The third-order valence-corrected chi connectivity index (χ3v) is 6.46. The molecule has 0 bridgehead atoms. The molecule has 4 aromatic rings. The van der Waals surface area contributed by atoms with Gasteiger partial charge in [0.2, 0.25) is 0 Å². The molecule has 0 unspecified atom stereocenters. The van der Waals surface area contributed by atoms with Crippen molar-refractivity contribution in [2.75, 3.05) is 0 Å². The van der Waals surface area contributed by atoms with Crippen LogP contribution in [-0.4, -0.2) is 0 Å². The van der Waals surface area contributed by atoms with Crippen molar-refractivity contribution < 1.29 is 0 Å². The largest absolute Gasteiger partial charge is 0.135 e. The van der Waals surface area contributed by atoms with Crippen molar-refractivity contribution >= 4 is 49.2 Å². The maximum Gasteiger partial charge on any atom is 0.0361 e. The average molecular weight is 393 g/mol. The van der Waals surface area contributed by atoms with Crippen LogP contribution in [0.3, 0.4) is 0 Å². The van der Waals surface area contributed by atoms with Crippen molar-refractivity contribution in [1.29, 1.82) is 0 Å². The van der Waals surface area contributed by atoms with Crippen molar-refractivity contribution in [2.24, 2.45) is 0 Å². The zero-order valence-corrected chi connectivity index (χ0v) is 17.7. The summed E-state index contributed by atoms with van der Waals surface area (Å²) in [5.41, 5.74) is 7.26. The van der Waals surface area contributed by atoms with Crippen molar-refractivity contribution in [1.82, 2.24) is 0 Å². The first-order chi connectivity index (χ1) is 14.2. The Bertz CT molecular complexity index is 1280. The Morgan fingerprint density at radius 1 is 0.862 bits per heavy atom. The quantitative estimate of drug-likeness (QED) is 0.297. The molecule has 0 spiro atoms. The molecule has 1 heterocycles. The minimum Gasteiger partial charge on any atom is -0.135 e. The molecule has 0 aliphatic rings. The van der Waals surface area contributed by atoms with Crippen LogP contribution >= 0.6 is 11.3 Å². The molecule has 0 fully saturated rings. The average Bonchev–Trinajstić information content (AvgIpc) is 3.13. The molecule has 1 aromatic heterocycles. The van der Waals surface area contributed by atoms with E-state index in [9.17, 15) is 0 Å². The van der Waals surface area contributed by atoms with Crippen LogP contribution in [0.2, 0.25) is 0 Å². The maximum atomic E-state index is 4.07. The van der Waals surface area contributed by atoms with Crippen molar-refractivity contribution in [3.05, 3.63) is 103 Å². The Morgan fingerprint density at radius 2 is 1.62 bits per heavy atom. The number of allylic oxidation sites excluding steroid dienone is 4. The molecular formula is C28H24S. The molecule has 0 aliphatic heterocycles. The zero-order chi connectivity index (χ0) is 20.4. The van der Waals surface area contributed by atoms with Crippen LogP contribution in [0.15, 0.2) is 86.0 Å². The van der Waals surface area contributed by atoms with E-state index in [1.807, 2.05) is 30.4 Å². The van der Waals surface area contributed by atoms with Crippen LogP contribution < -0.4 is 0 Å². The second-order valence-electron chi connectivity index (χ2n) is 6.98. The van der Waals surface area contributed by atoms with Gasteiger partial charge in [0.1, 0.15) is 0 Å². The second-order valence-corrected chi connectivity index (χ2v) is 8.07. The second kappa shape index (κ2) is 8.06. The topological polar surface area (TPSA) is 0 Å². The summed E-state index contributed by atoms with van der Waals surface area (Å²) >= 11 is 1.85. The van der Waals surface area contributed by atoms with Crippen LogP contribution in [0.4, 0.5) is 0 Å². The van der Waals surface area contributed by atoms with E-state index in [-0.39, 0.29) is 0 Å². The summed E-state index contributed by atoms with van der Waals surface area (Å²) in [6, 6.07) is 19.9. The number of hydrogen-bond donors (Lipinski definition) is 0. The van der Waals surface area contributed by atoms with Gasteiger partial charge in [-0.05, 0) is 59.4 Å². The van der Waals surface area contributed by atoms with Crippen molar-refractivity contribution in [3.63, 3.8) is 0 Å². The van der Waals surface area contributed by atoms with E-state index in [4.69, 9.17) is 0 Å². The van der Waals surface area contributed by atoms with E-state index in [0.29, 0.717) is 0 Å². The summed E-state index contributed by atoms with van der Waals surface area (Å²) in [6.07, 6.45) is 10.2. The standard InChI is InChI=1S/C28H24S/c1-5-9-22-15-17-26-28(24(22)8-4)25-16-14-23(18-27(25)29-26)21-12-10-20(11-13-21)19(6-2)7-3/h5-18H,2,4H2,1,3H3/b9-5-,19-7+. The molecule has 142 valence electrons. The molecule has 0 N–H and O–H groups in total. The van der Waals surface area contributed by atoms with Crippen molar-refractivity contribution in [2.45, 2.75) is 13.8 Å². The lowest BCUT2D eigenvalue weighted by Gasteiger charge is -2.06. The Labute approximate surface area is 176 Å². The summed E-state index contributed by atoms with van der Waals surface area (Å²) in [5, 5.41) is 2.61. The Morgan fingerprint density at radius 3 is 2.28 bits per heavy atom. The van der Waals surface area contributed by atoms with E-state index >= 15 is 0 Å². The van der Waals surface area contributed by atoms with E-state index < -0.39 is 0 Å². The van der Waals surface area contributed by atoms with E-state index in [2.05, 4.69) is 92.9 Å². The predicted molar refractivity (Wildman–Crippen MR) is 133 cm³/mol. The summed E-state index contributed by atoms with van der Waals surface area (Å²) < 4.78 is 2.61. The van der Waals surface area contributed by atoms with Gasteiger partial charge in [-0.15, -0.1) is 11.3 Å². The molecule has 4 rings (SSSR count). The lowest BCUT2D eigenvalue weighted by Crippen LogP contribution is -1.83. The van der Waals surface area contributed by atoms with Crippen molar-refractivity contribution in [3.8, 4) is 11.1 Å². The highest BCUT2D eigenvalue weighted by Crippen LogP contribution is 2.40. The summed E-state index contributed by atoms with van der Waals surface area (Å²) in [7, 11) is 0. The van der Waals surface area contributed by atoms with Crippen LogP contribution in [0.25, 0.3) is 49.0 Å². The van der Waals surface area contributed by atoms with Crippen LogP contribution in [0.5, 0.6) is 0 Å². The third kappa shape index (κ3) is 3.39. The third-order valence-electron chi connectivity index (χ3n) is 5.34. The molecule has 0 saturated heterocycles. The molecular weight excluding hydrogens is 368 g/mol. The fraction of sp³-hybridized carbons (Fsp3) is 0.0714. The maximum absolute atomic E-state index is 4.07. The molecule has 29 heavy (non-hydrogen) atoms. The van der Waals surface area contributed by atoms with Gasteiger partial charge in [0.05, 0.1) is 0 Å². The van der Waals surface area contributed by atoms with Gasteiger partial charge in [0.25, 0.3) is 0 Å². The SMILES string of the molecule is C=C/C(=C\C)c1ccc(-c2ccc3c(c2)sc2ccc(/C=C\C)c(C=C)c23)cc1. The Kier molecular flexibility index (Phi) is 5.33. The summed E-state index contributed by atoms with van der Waals surface area (Å²) in [6.45, 7) is 12.1. The minimum absolute atomic E-state index is 1.16. The van der Waals surface area contributed by atoms with E-state index in [0.717, 1.165) is 5.57 Å². The molecule has 0 amide bonds. The number of fused-ring (bicyclic) bond motifs is 3. The number of benzene rings is 3. The number of thiophene rings is 1. The Hall–Kier alpha value is -3.16. The van der Waals surface area contributed by atoms with E-state index in [1.54, 1.807) is 0 Å². The van der Waals surface area contributed by atoms with Gasteiger partial charge in [-0.1, -0.05) is 86.0 Å². The smallest absolute Gasteiger partial charge is 0.0361 e. The van der Waals surface area contributed by atoms with Gasteiger partial charge in [0, 0.05) is 20.2 Å². The molecule has 3 aromatic carbocycles. The molecule has 0 aliphatic carbocycles. The first kappa shape index (κ1) is 19.2. The molecule has 0 atom stereocenters. The first-order valence-electron chi connectivity index (χ1n) is 9.84. The zero-order valence-electron chi connectivity index (χ0n) is 16.9. The highest BCUT2D eigenvalue weighted by molar-refractivity contribution is 7.25. The van der Waals surface area contributed by atoms with Gasteiger partial charge in [-0.25, -0.2) is 0 Å². The van der Waals surface area contributed by atoms with Crippen LogP contribution in [0, 0.1) is 0 Å². The molecule has 0 nitrogen and oxygen atoms in total. The van der Waals surface area contributed by atoms with Gasteiger partial charge < -0.3 is 0 Å². The normalized spacial score (nSPS) is 12.1. The van der Waals surface area contributed by atoms with Gasteiger partial charge in [-0.2, -0.15) is 0 Å². The first-order valence-corrected chi connectivity index (χ1v) is 10.7. The predicted octanol–water partition coefficient (Wildman–Crippen LogP) is 8.99. The highest BCUT2D eigenvalue weighted by atomic mass is 32.1.